The minimum absolute atomic E-state index is 0.0944. The lowest BCUT2D eigenvalue weighted by Gasteiger charge is -2.23. The van der Waals surface area contributed by atoms with E-state index in [2.05, 4.69) is 77.8 Å². The number of benzene rings is 3. The van der Waals surface area contributed by atoms with E-state index in [9.17, 15) is 43.2 Å². The number of nitrogens with zero attached hydrogens (tertiary/aromatic N) is 7. The monoisotopic (exact) mass is 1480 g/mol. The second-order valence-electron chi connectivity index (χ2n) is 24.4. The number of ether oxygens (including phenoxy) is 6. The maximum atomic E-state index is 12.9. The summed E-state index contributed by atoms with van der Waals surface area (Å²) in [5, 5.41) is 23.1. The van der Waals surface area contributed by atoms with Crippen molar-refractivity contribution >= 4 is 53.2 Å². The van der Waals surface area contributed by atoms with Gasteiger partial charge >= 0.3 is 0 Å². The van der Waals surface area contributed by atoms with E-state index in [0.717, 1.165) is 50.5 Å². The number of hydrogen-bond donors (Lipinski definition) is 9. The van der Waals surface area contributed by atoms with Crippen LogP contribution >= 0.6 is 0 Å². The Bertz CT molecular complexity index is 4050. The van der Waals surface area contributed by atoms with Gasteiger partial charge in [0, 0.05) is 76.4 Å². The van der Waals surface area contributed by atoms with Crippen molar-refractivity contribution in [3.05, 3.63) is 216 Å². The third-order valence-corrected chi connectivity index (χ3v) is 15.8. The van der Waals surface area contributed by atoms with Gasteiger partial charge in [0.15, 0.2) is 54.3 Å². The molecule has 0 saturated carbocycles. The molecule has 9 aromatic rings. The van der Waals surface area contributed by atoms with Gasteiger partial charge in [-0.2, -0.15) is 0 Å². The maximum absolute atomic E-state index is 12.9. The summed E-state index contributed by atoms with van der Waals surface area (Å²) in [7, 11) is 0. The Morgan fingerprint density at radius 1 is 0.266 bits per heavy atom. The van der Waals surface area contributed by atoms with Crippen molar-refractivity contribution in [3.63, 3.8) is 0 Å². The number of nitrogens with one attached hydrogen (secondary N) is 9. The normalized spacial score (nSPS) is 10.7. The predicted molar refractivity (Wildman–Crippen MR) is 399 cm³/mol. The van der Waals surface area contributed by atoms with Crippen LogP contribution < -0.4 is 76.3 Å². The lowest BCUT2D eigenvalue weighted by molar-refractivity contribution is -0.128. The van der Waals surface area contributed by atoms with Crippen LogP contribution in [0.15, 0.2) is 183 Å². The molecule has 3 aromatic carbocycles. The van der Waals surface area contributed by atoms with Crippen LogP contribution in [0.3, 0.4) is 0 Å². The van der Waals surface area contributed by atoms with Gasteiger partial charge in [-0.05, 0) is 127 Å². The highest BCUT2D eigenvalue weighted by Crippen LogP contribution is 2.29. The van der Waals surface area contributed by atoms with Gasteiger partial charge in [-0.25, -0.2) is 0 Å². The summed E-state index contributed by atoms with van der Waals surface area (Å²) in [6.07, 6.45) is 10.2. The Labute approximate surface area is 628 Å². The van der Waals surface area contributed by atoms with E-state index in [1.807, 2.05) is 80.3 Å². The molecule has 9 rings (SSSR count). The highest BCUT2D eigenvalue weighted by Gasteiger charge is 2.18. The van der Waals surface area contributed by atoms with E-state index in [4.69, 9.17) is 28.4 Å². The summed E-state index contributed by atoms with van der Waals surface area (Å²) >= 11 is 0. The SMILES string of the molecule is Cc1ccc(-c2ccc(CNC(=O)CNC(=O)CNC(=O)COc3ccccc3OCCN(CCOc3ccccc3OCC(=O)NCC(=O)NCC(=O)NCc3ccc(-c4ccc(C)cn4)nc3)CCOc3ccccc3OCC(=O)NCC(=O)NCC(=O)NCc3ccc(-c4ccc(C)cn4)nc3)cn2)nc1. The molecular weight excluding hydrogens is 1400 g/mol. The average molecular weight is 1490 g/mol. The number of para-hydroxylation sites is 6. The van der Waals surface area contributed by atoms with Crippen LogP contribution in [-0.4, -0.2) is 187 Å². The van der Waals surface area contributed by atoms with Gasteiger partial charge in [0.05, 0.1) is 73.4 Å². The van der Waals surface area contributed by atoms with E-state index < -0.39 is 92.6 Å². The van der Waals surface area contributed by atoms with Crippen molar-refractivity contribution in [2.24, 2.45) is 0 Å². The fraction of sp³-hybridized carbons (Fsp3) is 0.269. The number of pyridine rings is 6. The molecule has 0 spiro atoms. The first kappa shape index (κ1) is 79.7. The quantitative estimate of drug-likeness (QED) is 0.0264. The fourth-order valence-electron chi connectivity index (χ4n) is 9.79. The first-order valence-corrected chi connectivity index (χ1v) is 34.7. The molecule has 31 nitrogen and oxygen atoms in total. The molecule has 0 aliphatic heterocycles. The van der Waals surface area contributed by atoms with Crippen LogP contribution in [0, 0.1) is 20.8 Å². The summed E-state index contributed by atoms with van der Waals surface area (Å²) < 4.78 is 36.1. The summed E-state index contributed by atoms with van der Waals surface area (Å²) in [5.74, 6) is -3.32. The van der Waals surface area contributed by atoms with E-state index in [0.29, 0.717) is 34.3 Å². The number of rotatable bonds is 42. The van der Waals surface area contributed by atoms with Crippen molar-refractivity contribution in [3.8, 4) is 68.7 Å². The van der Waals surface area contributed by atoms with Crippen LogP contribution in [-0.2, 0) is 62.8 Å². The van der Waals surface area contributed by atoms with E-state index in [1.54, 1.807) is 128 Å². The molecule has 0 unspecified atom stereocenters. The first-order chi connectivity index (χ1) is 52.9. The number of carbonyl (C=O) groups is 9. The smallest absolute Gasteiger partial charge is 0.258 e. The standard InChI is InChI=1S/C78H84N16O15/c1-52-16-22-58(79-34-52)61-25-19-55(37-82-61)40-85-70(95)43-88-73(98)46-91-76(101)49-107-67-13-7-4-10-64(67)104-31-28-94(29-32-105-65-11-5-8-14-68(65)108-50-77(102)92-47-74(99)89-44-71(96)86-41-56-20-26-62(83-38-56)59-23-17-53(2)35-80-59)30-33-106-66-12-6-9-15-69(66)109-51-78(103)93-48-75(100)90-45-72(97)87-42-57-21-27-63(84-39-57)60-24-18-54(3)36-81-60/h4-27,34-39H,28-33,40-51H2,1-3H3,(H,85,95)(H,86,96)(H,87,97)(H,88,98)(H,89,99)(H,90,100)(H,91,101)(H,92,102)(H,93,103). The molecule has 9 N–H and O–H groups in total. The fourth-order valence-corrected chi connectivity index (χ4v) is 9.79. The molecule has 0 saturated heterocycles. The highest BCUT2D eigenvalue weighted by molar-refractivity contribution is 5.90. The lowest BCUT2D eigenvalue weighted by atomic mass is 10.2. The van der Waals surface area contributed by atoms with Crippen molar-refractivity contribution in [1.82, 2.24) is 82.7 Å². The predicted octanol–water partition coefficient (Wildman–Crippen LogP) is 3.60. The molecule has 0 atom stereocenters. The van der Waals surface area contributed by atoms with E-state index >= 15 is 0 Å². The maximum Gasteiger partial charge on any atom is 0.258 e. The van der Waals surface area contributed by atoms with Crippen LogP contribution in [0.5, 0.6) is 34.5 Å². The summed E-state index contributed by atoms with van der Waals surface area (Å²) in [5.41, 5.74) is 9.55. The number of aryl methyl sites for hydroxylation is 3. The molecule has 6 aromatic heterocycles. The Kier molecular flexibility index (Phi) is 31.1. The van der Waals surface area contributed by atoms with Gasteiger partial charge in [-0.3, -0.25) is 78.0 Å². The lowest BCUT2D eigenvalue weighted by Crippen LogP contribution is -2.42. The average Bonchev–Trinajstić information content (AvgIpc) is 0.870. The molecule has 0 fully saturated rings. The molecule has 0 aliphatic rings. The van der Waals surface area contributed by atoms with E-state index in [1.165, 1.54) is 0 Å². The summed E-state index contributed by atoms with van der Waals surface area (Å²) in [6, 6.07) is 42.5. The second-order valence-corrected chi connectivity index (χ2v) is 24.4. The minimum atomic E-state index is -0.614. The number of hydrogen-bond acceptors (Lipinski definition) is 22. The zero-order chi connectivity index (χ0) is 77.0. The van der Waals surface area contributed by atoms with Crippen molar-refractivity contribution in [2.45, 2.75) is 40.4 Å². The van der Waals surface area contributed by atoms with Gasteiger partial charge in [-0.1, -0.05) is 72.8 Å². The van der Waals surface area contributed by atoms with Crippen molar-refractivity contribution in [1.29, 1.82) is 0 Å². The molecule has 0 bridgehead atoms. The summed E-state index contributed by atoms with van der Waals surface area (Å²) in [4.78, 5) is 143. The van der Waals surface area contributed by atoms with Crippen LogP contribution in [0.1, 0.15) is 33.4 Å². The molecule has 9 amide bonds. The number of aromatic nitrogens is 6. The molecule has 109 heavy (non-hydrogen) atoms. The Hall–Kier alpha value is -13.5. The van der Waals surface area contributed by atoms with Gasteiger partial charge in [-0.15, -0.1) is 0 Å². The Morgan fingerprint density at radius 3 is 0.716 bits per heavy atom. The van der Waals surface area contributed by atoms with Crippen molar-refractivity contribution < 1.29 is 71.6 Å². The second kappa shape index (κ2) is 42.5. The molecule has 6 heterocycles. The summed E-state index contributed by atoms with van der Waals surface area (Å²) in [6.45, 7) is 3.88. The van der Waals surface area contributed by atoms with Crippen LogP contribution in [0.25, 0.3) is 34.2 Å². The third-order valence-electron chi connectivity index (χ3n) is 15.8. The van der Waals surface area contributed by atoms with Crippen molar-refractivity contribution in [2.75, 3.05) is 98.5 Å². The van der Waals surface area contributed by atoms with Gasteiger partial charge < -0.3 is 76.3 Å². The molecular formula is C78H84N16O15. The minimum Gasteiger partial charge on any atom is -0.488 e. The van der Waals surface area contributed by atoms with Gasteiger partial charge in [0.25, 0.3) is 17.7 Å². The topological polar surface area (TPSA) is 398 Å². The highest BCUT2D eigenvalue weighted by atomic mass is 16.5. The Balaban J connectivity index is 0.707. The van der Waals surface area contributed by atoms with Gasteiger partial charge in [0.2, 0.25) is 35.4 Å². The van der Waals surface area contributed by atoms with Crippen LogP contribution in [0.4, 0.5) is 0 Å². The van der Waals surface area contributed by atoms with E-state index in [-0.39, 0.29) is 96.0 Å². The largest absolute Gasteiger partial charge is 0.488 e. The van der Waals surface area contributed by atoms with Crippen LogP contribution in [0.2, 0.25) is 0 Å². The molecule has 566 valence electrons. The third kappa shape index (κ3) is 28.2. The molecule has 0 aliphatic carbocycles. The zero-order valence-corrected chi connectivity index (χ0v) is 60.3. The molecule has 0 radical (unpaired) electrons. The Morgan fingerprint density at radius 2 is 0.486 bits per heavy atom. The first-order valence-electron chi connectivity index (χ1n) is 34.7. The number of carbonyl (C=O) groups excluding carboxylic acids is 9. The zero-order valence-electron chi connectivity index (χ0n) is 60.3. The molecule has 31 heteroatoms. The number of amides is 9. The van der Waals surface area contributed by atoms with Gasteiger partial charge in [0.1, 0.15) is 19.8 Å².